The summed E-state index contributed by atoms with van der Waals surface area (Å²) in [4.78, 5) is 38.3. The fourth-order valence-electron chi connectivity index (χ4n) is 2.73. The highest BCUT2D eigenvalue weighted by Crippen LogP contribution is 2.28. The van der Waals surface area contributed by atoms with Crippen molar-refractivity contribution in [2.45, 2.75) is 11.3 Å². The van der Waals surface area contributed by atoms with Crippen LogP contribution >= 0.6 is 11.8 Å². The lowest BCUT2D eigenvalue weighted by Crippen LogP contribution is -2.20. The summed E-state index contributed by atoms with van der Waals surface area (Å²) >= 11 is 1.33. The highest BCUT2D eigenvalue weighted by atomic mass is 32.2. The van der Waals surface area contributed by atoms with Gasteiger partial charge in [-0.15, -0.1) is 11.8 Å². The Labute approximate surface area is 161 Å². The van der Waals surface area contributed by atoms with Gasteiger partial charge in [-0.3, -0.25) is 14.4 Å². The first kappa shape index (κ1) is 19.0. The number of nitrogens with zero attached hydrogens (tertiary/aromatic N) is 1. The molecule has 3 rings (SSSR count). The molecule has 0 unspecified atom stereocenters. The van der Waals surface area contributed by atoms with Crippen molar-refractivity contribution in [2.75, 3.05) is 31.4 Å². The van der Waals surface area contributed by atoms with Gasteiger partial charge < -0.3 is 14.4 Å². The van der Waals surface area contributed by atoms with Crippen LogP contribution in [0.1, 0.15) is 15.9 Å². The van der Waals surface area contributed by atoms with Gasteiger partial charge in [0.1, 0.15) is 5.75 Å². The fraction of sp³-hybridized carbons (Fsp3) is 0.250. The number of carbonyl (C=O) groups excluding carboxylic acids is 3. The minimum Gasteiger partial charge on any atom is -0.497 e. The standard InChI is InChI=1S/C20H19NO5S/c1-21-17-8-3-13(9-14(17)10-19(21)23)18(22)11-26-20(24)12-27-16-6-4-15(25-2)5-7-16/h3-9H,10-12H2,1-2H3. The molecule has 0 atom stereocenters. The van der Waals surface area contributed by atoms with Crippen LogP contribution in [0.3, 0.4) is 0 Å². The Hall–Kier alpha value is -2.80. The maximum Gasteiger partial charge on any atom is 0.316 e. The number of carbonyl (C=O) groups is 3. The minimum atomic E-state index is -0.458. The van der Waals surface area contributed by atoms with Gasteiger partial charge >= 0.3 is 5.97 Å². The number of ether oxygens (including phenoxy) is 2. The van der Waals surface area contributed by atoms with Gasteiger partial charge in [0.2, 0.25) is 5.91 Å². The second kappa shape index (κ2) is 8.26. The molecule has 0 spiro atoms. The number of hydrogen-bond donors (Lipinski definition) is 0. The quantitative estimate of drug-likeness (QED) is 0.415. The van der Waals surface area contributed by atoms with Gasteiger partial charge in [-0.25, -0.2) is 0 Å². The van der Waals surface area contributed by atoms with Crippen LogP contribution in [0.25, 0.3) is 0 Å². The molecule has 27 heavy (non-hydrogen) atoms. The number of hydrogen-bond acceptors (Lipinski definition) is 6. The fourth-order valence-corrected chi connectivity index (χ4v) is 3.43. The Morgan fingerprint density at radius 3 is 2.59 bits per heavy atom. The molecule has 0 saturated heterocycles. The lowest BCUT2D eigenvalue weighted by molar-refractivity contribution is -0.139. The van der Waals surface area contributed by atoms with Gasteiger partial charge in [0, 0.05) is 23.2 Å². The van der Waals surface area contributed by atoms with Crippen molar-refractivity contribution in [3.05, 3.63) is 53.6 Å². The average molecular weight is 385 g/mol. The molecular weight excluding hydrogens is 366 g/mol. The molecule has 0 aliphatic carbocycles. The Morgan fingerprint density at radius 2 is 1.89 bits per heavy atom. The van der Waals surface area contributed by atoms with Crippen molar-refractivity contribution < 1.29 is 23.9 Å². The van der Waals surface area contributed by atoms with E-state index in [9.17, 15) is 14.4 Å². The van der Waals surface area contributed by atoms with Crippen LogP contribution in [0.15, 0.2) is 47.4 Å². The molecule has 140 valence electrons. The van der Waals surface area contributed by atoms with Crippen molar-refractivity contribution in [3.8, 4) is 5.75 Å². The second-order valence-electron chi connectivity index (χ2n) is 6.02. The Bertz CT molecular complexity index is 878. The molecule has 7 heteroatoms. The first-order valence-corrected chi connectivity index (χ1v) is 9.31. The number of anilines is 1. The predicted octanol–water partition coefficient (Wildman–Crippen LogP) is 2.73. The summed E-state index contributed by atoms with van der Waals surface area (Å²) in [5, 5.41) is 0. The van der Waals surface area contributed by atoms with Crippen molar-refractivity contribution in [1.29, 1.82) is 0 Å². The summed E-state index contributed by atoms with van der Waals surface area (Å²) in [7, 11) is 3.30. The van der Waals surface area contributed by atoms with E-state index in [4.69, 9.17) is 9.47 Å². The number of Topliss-reactive ketones (excluding diaryl/α,β-unsaturated/α-hetero) is 1. The number of esters is 1. The molecule has 1 heterocycles. The topological polar surface area (TPSA) is 72.9 Å². The summed E-state index contributed by atoms with van der Waals surface area (Å²) in [5.74, 6) is 0.109. The van der Waals surface area contributed by atoms with Crippen LogP contribution in [0, 0.1) is 0 Å². The minimum absolute atomic E-state index is 0.00316. The number of methoxy groups -OCH3 is 1. The zero-order chi connectivity index (χ0) is 19.4. The molecule has 0 aromatic heterocycles. The third kappa shape index (κ3) is 4.49. The predicted molar refractivity (Wildman–Crippen MR) is 103 cm³/mol. The van der Waals surface area contributed by atoms with Gasteiger partial charge in [0.15, 0.2) is 12.4 Å². The summed E-state index contributed by atoms with van der Waals surface area (Å²) in [6, 6.07) is 12.4. The number of likely N-dealkylation sites (N-methyl/N-ethyl adjacent to an activating group) is 1. The highest BCUT2D eigenvalue weighted by Gasteiger charge is 2.24. The smallest absolute Gasteiger partial charge is 0.316 e. The lowest BCUT2D eigenvalue weighted by Gasteiger charge is -2.10. The van der Waals surface area contributed by atoms with Gasteiger partial charge in [0.05, 0.1) is 19.3 Å². The maximum absolute atomic E-state index is 12.3. The van der Waals surface area contributed by atoms with Crippen molar-refractivity contribution in [3.63, 3.8) is 0 Å². The monoisotopic (exact) mass is 385 g/mol. The zero-order valence-electron chi connectivity index (χ0n) is 15.1. The molecule has 0 bridgehead atoms. The summed E-state index contributed by atoms with van der Waals surface area (Å²) in [5.41, 5.74) is 2.06. The van der Waals surface area contributed by atoms with E-state index in [-0.39, 0.29) is 30.5 Å². The van der Waals surface area contributed by atoms with Crippen LogP contribution < -0.4 is 9.64 Å². The van der Waals surface area contributed by atoms with Crippen molar-refractivity contribution >= 4 is 35.1 Å². The van der Waals surface area contributed by atoms with Gasteiger partial charge in [-0.2, -0.15) is 0 Å². The Morgan fingerprint density at radius 1 is 1.15 bits per heavy atom. The van der Waals surface area contributed by atoms with Crippen LogP contribution in [0.2, 0.25) is 0 Å². The Kier molecular flexibility index (Phi) is 5.81. The van der Waals surface area contributed by atoms with Crippen molar-refractivity contribution in [2.24, 2.45) is 0 Å². The molecule has 0 fully saturated rings. The molecule has 0 radical (unpaired) electrons. The zero-order valence-corrected chi connectivity index (χ0v) is 15.9. The molecule has 6 nitrogen and oxygen atoms in total. The maximum atomic E-state index is 12.3. The van der Waals surface area contributed by atoms with Gasteiger partial charge in [0.25, 0.3) is 0 Å². The molecule has 1 amide bonds. The number of fused-ring (bicyclic) bond motifs is 1. The van der Waals surface area contributed by atoms with E-state index in [1.54, 1.807) is 37.3 Å². The lowest BCUT2D eigenvalue weighted by atomic mass is 10.1. The molecular formula is C20H19NO5S. The highest BCUT2D eigenvalue weighted by molar-refractivity contribution is 8.00. The molecule has 2 aromatic carbocycles. The van der Waals surface area contributed by atoms with Crippen molar-refractivity contribution in [1.82, 2.24) is 0 Å². The number of thioether (sulfide) groups is 1. The van der Waals surface area contributed by atoms with E-state index in [1.807, 2.05) is 24.3 Å². The summed E-state index contributed by atoms with van der Waals surface area (Å²) in [6.45, 7) is -0.315. The average Bonchev–Trinajstić information content (AvgIpc) is 2.98. The molecule has 0 N–H and O–H groups in total. The number of ketones is 1. The number of rotatable bonds is 7. The molecule has 2 aromatic rings. The summed E-state index contributed by atoms with van der Waals surface area (Å²) < 4.78 is 10.2. The summed E-state index contributed by atoms with van der Waals surface area (Å²) in [6.07, 6.45) is 0.283. The first-order valence-electron chi connectivity index (χ1n) is 8.33. The van der Waals surface area contributed by atoms with Crippen LogP contribution in [0.4, 0.5) is 5.69 Å². The third-order valence-corrected chi connectivity index (χ3v) is 5.24. The van der Waals surface area contributed by atoms with E-state index in [0.717, 1.165) is 21.9 Å². The van der Waals surface area contributed by atoms with E-state index in [0.29, 0.717) is 5.56 Å². The SMILES string of the molecule is COc1ccc(SCC(=O)OCC(=O)c2ccc3c(c2)CC(=O)N3C)cc1. The van der Waals surface area contributed by atoms with E-state index < -0.39 is 5.97 Å². The first-order chi connectivity index (χ1) is 13.0. The second-order valence-corrected chi connectivity index (χ2v) is 7.07. The number of benzene rings is 2. The van der Waals surface area contributed by atoms with E-state index in [1.165, 1.54) is 11.8 Å². The largest absolute Gasteiger partial charge is 0.497 e. The third-order valence-electron chi connectivity index (χ3n) is 4.26. The molecule has 0 saturated carbocycles. The van der Waals surface area contributed by atoms with Crippen LogP contribution in [-0.4, -0.2) is 44.2 Å². The van der Waals surface area contributed by atoms with E-state index >= 15 is 0 Å². The van der Waals surface area contributed by atoms with Gasteiger partial charge in [-0.1, -0.05) is 0 Å². The molecule has 1 aliphatic rings. The normalized spacial score (nSPS) is 12.7. The molecule has 1 aliphatic heterocycles. The van der Waals surface area contributed by atoms with Crippen LogP contribution in [-0.2, 0) is 20.7 Å². The van der Waals surface area contributed by atoms with Gasteiger partial charge in [-0.05, 0) is 48.0 Å². The number of amides is 1. The Balaban J connectivity index is 1.49. The van der Waals surface area contributed by atoms with E-state index in [2.05, 4.69) is 0 Å². The van der Waals surface area contributed by atoms with Crippen LogP contribution in [0.5, 0.6) is 5.75 Å².